The lowest BCUT2D eigenvalue weighted by molar-refractivity contribution is -0.126. The van der Waals surface area contributed by atoms with Gasteiger partial charge in [-0.1, -0.05) is 24.3 Å². The van der Waals surface area contributed by atoms with E-state index < -0.39 is 0 Å². The maximum atomic E-state index is 12.3. The van der Waals surface area contributed by atoms with Gasteiger partial charge in [0.05, 0.1) is 5.92 Å². The molecule has 0 saturated heterocycles. The molecule has 5 nitrogen and oxygen atoms in total. The molecule has 1 amide bonds. The first-order valence-corrected chi connectivity index (χ1v) is 8.37. The molecule has 1 atom stereocenters. The first-order valence-electron chi connectivity index (χ1n) is 8.37. The highest BCUT2D eigenvalue weighted by atomic mass is 16.5. The Morgan fingerprint density at radius 3 is 2.96 bits per heavy atom. The molecular weight excluding hydrogens is 302 g/mol. The Labute approximate surface area is 142 Å². The zero-order valence-electron chi connectivity index (χ0n) is 13.9. The number of nitrogens with zero attached hydrogens (tertiary/aromatic N) is 1. The summed E-state index contributed by atoms with van der Waals surface area (Å²) in [6.45, 7) is 3.89. The van der Waals surface area contributed by atoms with Gasteiger partial charge in [0.2, 0.25) is 5.91 Å². The van der Waals surface area contributed by atoms with Crippen molar-refractivity contribution in [3.05, 3.63) is 53.7 Å². The standard InChI is InChI=1S/C19H23N3O2/c1-14-7-8-18(22-12-14)20-9-4-10-21-19(23)16-11-15-5-2-3-6-17(15)24-13-16/h2-3,5-8,12,16H,4,9-11,13H2,1H3,(H,20,22)(H,21,23). The number of rotatable bonds is 6. The molecule has 5 heteroatoms. The van der Waals surface area contributed by atoms with Crippen LogP contribution in [0.25, 0.3) is 0 Å². The van der Waals surface area contributed by atoms with Crippen LogP contribution in [0.4, 0.5) is 5.82 Å². The van der Waals surface area contributed by atoms with E-state index in [0.29, 0.717) is 13.2 Å². The lowest BCUT2D eigenvalue weighted by Crippen LogP contribution is -2.38. The molecule has 0 saturated carbocycles. The summed E-state index contributed by atoms with van der Waals surface area (Å²) in [5, 5.41) is 6.25. The number of aromatic nitrogens is 1. The zero-order valence-corrected chi connectivity index (χ0v) is 13.9. The van der Waals surface area contributed by atoms with E-state index in [9.17, 15) is 4.79 Å². The van der Waals surface area contributed by atoms with Gasteiger partial charge in [-0.2, -0.15) is 0 Å². The molecule has 0 fully saturated rings. The lowest BCUT2D eigenvalue weighted by atomic mass is 9.96. The van der Waals surface area contributed by atoms with Crippen LogP contribution in [0, 0.1) is 12.8 Å². The third-order valence-corrected chi connectivity index (χ3v) is 4.12. The minimum atomic E-state index is -0.105. The van der Waals surface area contributed by atoms with Crippen LogP contribution in [-0.2, 0) is 11.2 Å². The molecule has 1 aromatic carbocycles. The number of anilines is 1. The summed E-state index contributed by atoms with van der Waals surface area (Å²) >= 11 is 0. The van der Waals surface area contributed by atoms with Gasteiger partial charge < -0.3 is 15.4 Å². The van der Waals surface area contributed by atoms with E-state index in [2.05, 4.69) is 15.6 Å². The number of hydrogen-bond donors (Lipinski definition) is 2. The predicted octanol–water partition coefficient (Wildman–Crippen LogP) is 2.56. The molecule has 0 spiro atoms. The van der Waals surface area contributed by atoms with E-state index in [1.807, 2.05) is 49.5 Å². The lowest BCUT2D eigenvalue weighted by Gasteiger charge is -2.24. The average Bonchev–Trinajstić information content (AvgIpc) is 2.62. The van der Waals surface area contributed by atoms with Crippen LogP contribution in [0.2, 0.25) is 0 Å². The fourth-order valence-corrected chi connectivity index (χ4v) is 2.73. The van der Waals surface area contributed by atoms with Crippen molar-refractivity contribution < 1.29 is 9.53 Å². The molecule has 1 aliphatic heterocycles. The third kappa shape index (κ3) is 4.25. The molecule has 2 N–H and O–H groups in total. The maximum Gasteiger partial charge on any atom is 0.226 e. The van der Waals surface area contributed by atoms with Gasteiger partial charge in [0.1, 0.15) is 18.2 Å². The second kappa shape index (κ2) is 7.81. The molecule has 2 aromatic rings. The number of carbonyl (C=O) groups is 1. The fraction of sp³-hybridized carbons (Fsp3) is 0.368. The van der Waals surface area contributed by atoms with Crippen LogP contribution in [0.15, 0.2) is 42.6 Å². The summed E-state index contributed by atoms with van der Waals surface area (Å²) < 4.78 is 5.67. The number of benzene rings is 1. The van der Waals surface area contributed by atoms with Crippen molar-refractivity contribution >= 4 is 11.7 Å². The summed E-state index contributed by atoms with van der Waals surface area (Å²) in [6, 6.07) is 11.9. The van der Waals surface area contributed by atoms with Gasteiger partial charge in [-0.15, -0.1) is 0 Å². The first-order chi connectivity index (χ1) is 11.7. The van der Waals surface area contributed by atoms with Gasteiger partial charge in [-0.05, 0) is 43.0 Å². The van der Waals surface area contributed by atoms with Crippen molar-refractivity contribution in [3.8, 4) is 5.75 Å². The second-order valence-corrected chi connectivity index (χ2v) is 6.11. The van der Waals surface area contributed by atoms with E-state index in [1.165, 1.54) is 0 Å². The summed E-state index contributed by atoms with van der Waals surface area (Å²) in [5.41, 5.74) is 2.25. The molecule has 3 rings (SSSR count). The van der Waals surface area contributed by atoms with Crippen molar-refractivity contribution in [1.82, 2.24) is 10.3 Å². The van der Waals surface area contributed by atoms with E-state index >= 15 is 0 Å². The molecule has 1 unspecified atom stereocenters. The van der Waals surface area contributed by atoms with E-state index in [4.69, 9.17) is 4.74 Å². The highest BCUT2D eigenvalue weighted by Crippen LogP contribution is 2.26. The van der Waals surface area contributed by atoms with Gasteiger partial charge in [0, 0.05) is 19.3 Å². The summed E-state index contributed by atoms with van der Waals surface area (Å²) in [7, 11) is 0. The van der Waals surface area contributed by atoms with Gasteiger partial charge in [0.15, 0.2) is 0 Å². The Kier molecular flexibility index (Phi) is 5.31. The number of carbonyl (C=O) groups excluding carboxylic acids is 1. The number of nitrogens with one attached hydrogen (secondary N) is 2. The van der Waals surface area contributed by atoms with Crippen LogP contribution in [-0.4, -0.2) is 30.6 Å². The quantitative estimate of drug-likeness (QED) is 0.801. The van der Waals surface area contributed by atoms with Crippen molar-refractivity contribution in [1.29, 1.82) is 0 Å². The molecule has 2 heterocycles. The molecule has 126 valence electrons. The Balaban J connectivity index is 1.36. The molecule has 0 bridgehead atoms. The van der Waals surface area contributed by atoms with Crippen molar-refractivity contribution in [2.45, 2.75) is 19.8 Å². The number of ether oxygens (including phenoxy) is 1. The molecule has 24 heavy (non-hydrogen) atoms. The summed E-state index contributed by atoms with van der Waals surface area (Å²) in [5.74, 6) is 1.73. The minimum Gasteiger partial charge on any atom is -0.492 e. The van der Waals surface area contributed by atoms with E-state index in [1.54, 1.807) is 0 Å². The van der Waals surface area contributed by atoms with E-state index in [-0.39, 0.29) is 11.8 Å². The normalized spacial score (nSPS) is 16.0. The van der Waals surface area contributed by atoms with Crippen LogP contribution >= 0.6 is 0 Å². The largest absolute Gasteiger partial charge is 0.492 e. The van der Waals surface area contributed by atoms with Gasteiger partial charge in [-0.3, -0.25) is 4.79 Å². The van der Waals surface area contributed by atoms with Crippen LogP contribution < -0.4 is 15.4 Å². The number of hydrogen-bond acceptors (Lipinski definition) is 4. The number of para-hydroxylation sites is 1. The highest BCUT2D eigenvalue weighted by molar-refractivity contribution is 5.79. The molecular formula is C19H23N3O2. The van der Waals surface area contributed by atoms with Crippen molar-refractivity contribution in [2.24, 2.45) is 5.92 Å². The van der Waals surface area contributed by atoms with Gasteiger partial charge >= 0.3 is 0 Å². The summed E-state index contributed by atoms with van der Waals surface area (Å²) in [4.78, 5) is 16.5. The van der Waals surface area contributed by atoms with Crippen LogP contribution in [0.3, 0.4) is 0 Å². The smallest absolute Gasteiger partial charge is 0.226 e. The van der Waals surface area contributed by atoms with Crippen molar-refractivity contribution in [3.63, 3.8) is 0 Å². The van der Waals surface area contributed by atoms with Crippen molar-refractivity contribution in [2.75, 3.05) is 25.0 Å². The van der Waals surface area contributed by atoms with Crippen LogP contribution in [0.1, 0.15) is 17.5 Å². The molecule has 0 aliphatic carbocycles. The zero-order chi connectivity index (χ0) is 16.8. The summed E-state index contributed by atoms with van der Waals surface area (Å²) in [6.07, 6.45) is 3.43. The monoisotopic (exact) mass is 325 g/mol. The SMILES string of the molecule is Cc1ccc(NCCCNC(=O)C2COc3ccccc3C2)nc1. The molecule has 1 aromatic heterocycles. The van der Waals surface area contributed by atoms with Gasteiger partial charge in [0.25, 0.3) is 0 Å². The highest BCUT2D eigenvalue weighted by Gasteiger charge is 2.25. The Bertz CT molecular complexity index is 685. The Hall–Kier alpha value is -2.56. The number of fused-ring (bicyclic) bond motifs is 1. The number of amides is 1. The average molecular weight is 325 g/mol. The fourth-order valence-electron chi connectivity index (χ4n) is 2.73. The number of aryl methyl sites for hydroxylation is 1. The molecule has 0 radical (unpaired) electrons. The predicted molar refractivity (Wildman–Crippen MR) is 94.2 cm³/mol. The van der Waals surface area contributed by atoms with E-state index in [0.717, 1.165) is 42.1 Å². The molecule has 1 aliphatic rings. The van der Waals surface area contributed by atoms with Crippen LogP contribution in [0.5, 0.6) is 5.75 Å². The Morgan fingerprint density at radius 1 is 1.25 bits per heavy atom. The van der Waals surface area contributed by atoms with Gasteiger partial charge in [-0.25, -0.2) is 4.98 Å². The Morgan fingerprint density at radius 2 is 2.12 bits per heavy atom. The maximum absolute atomic E-state index is 12.3. The number of pyridine rings is 1. The second-order valence-electron chi connectivity index (χ2n) is 6.11. The topological polar surface area (TPSA) is 63.2 Å². The third-order valence-electron chi connectivity index (χ3n) is 4.12. The first kappa shape index (κ1) is 16.3. The minimum absolute atomic E-state index is 0.0676.